The van der Waals surface area contributed by atoms with Crippen LogP contribution in [0.4, 0.5) is 5.69 Å². The third kappa shape index (κ3) is 4.52. The van der Waals surface area contributed by atoms with Crippen LogP contribution in [0.3, 0.4) is 0 Å². The molecule has 0 saturated carbocycles. The molecule has 2 heterocycles. The van der Waals surface area contributed by atoms with Crippen LogP contribution in [-0.2, 0) is 11.3 Å². The van der Waals surface area contributed by atoms with Crippen LogP contribution in [0.15, 0.2) is 35.7 Å². The molecule has 1 aromatic carbocycles. The summed E-state index contributed by atoms with van der Waals surface area (Å²) in [6, 6.07) is 9.40. The van der Waals surface area contributed by atoms with Crippen LogP contribution >= 0.6 is 11.3 Å². The average Bonchev–Trinajstić information content (AvgIpc) is 3.01. The number of phenols is 1. The van der Waals surface area contributed by atoms with Crippen LogP contribution in [0.25, 0.3) is 0 Å². The number of nitrogens with zero attached hydrogens (tertiary/aromatic N) is 3. The van der Waals surface area contributed by atoms with E-state index in [1.165, 1.54) is 10.4 Å². The minimum absolute atomic E-state index is 0.172. The lowest BCUT2D eigenvalue weighted by atomic mass is 10.2. The van der Waals surface area contributed by atoms with E-state index in [-0.39, 0.29) is 11.7 Å². The molecule has 1 amide bonds. The number of anilines is 1. The highest BCUT2D eigenvalue weighted by Crippen LogP contribution is 2.20. The molecule has 5 nitrogen and oxygen atoms in total. The van der Waals surface area contributed by atoms with Gasteiger partial charge in [0.05, 0.1) is 13.1 Å². The number of likely N-dealkylation sites (N-methyl/N-ethyl adjacent to an activating group) is 1. The molecule has 1 aromatic heterocycles. The summed E-state index contributed by atoms with van der Waals surface area (Å²) >= 11 is 1.71. The molecule has 6 heteroatoms. The Morgan fingerprint density at radius 2 is 1.84 bits per heavy atom. The number of hydrogen-bond acceptors (Lipinski definition) is 5. The lowest BCUT2D eigenvalue weighted by Crippen LogP contribution is -2.49. The molecule has 25 heavy (non-hydrogen) atoms. The summed E-state index contributed by atoms with van der Waals surface area (Å²) in [5.41, 5.74) is 2.38. The molecule has 134 valence electrons. The largest absolute Gasteiger partial charge is 0.508 e. The number of carbonyl (C=O) groups excluding carboxylic acids is 1. The highest BCUT2D eigenvalue weighted by atomic mass is 32.1. The summed E-state index contributed by atoms with van der Waals surface area (Å²) in [6.45, 7) is 6.79. The van der Waals surface area contributed by atoms with E-state index < -0.39 is 0 Å². The van der Waals surface area contributed by atoms with Crippen molar-refractivity contribution < 1.29 is 9.90 Å². The van der Waals surface area contributed by atoms with Crippen LogP contribution in [0.1, 0.15) is 10.4 Å². The van der Waals surface area contributed by atoms with Gasteiger partial charge in [-0.1, -0.05) is 0 Å². The van der Waals surface area contributed by atoms with Gasteiger partial charge in [-0.2, -0.15) is 0 Å². The van der Waals surface area contributed by atoms with Gasteiger partial charge < -0.3 is 14.9 Å². The zero-order valence-corrected chi connectivity index (χ0v) is 15.6. The standard InChI is InChI=1S/C19H25N3O2S/c1-15-7-12-25-18(15)13-20(2)19(24)14-21-8-10-22(11-9-21)16-3-5-17(23)6-4-16/h3-7,12,23H,8-11,13-14H2,1-2H3. The van der Waals surface area contributed by atoms with Gasteiger partial charge in [-0.15, -0.1) is 11.3 Å². The van der Waals surface area contributed by atoms with Crippen LogP contribution in [0.5, 0.6) is 5.75 Å². The Kier molecular flexibility index (Phi) is 5.60. The molecule has 0 spiro atoms. The Balaban J connectivity index is 1.47. The molecule has 0 radical (unpaired) electrons. The summed E-state index contributed by atoms with van der Waals surface area (Å²) in [7, 11) is 1.88. The molecule has 0 bridgehead atoms. The fourth-order valence-corrected chi connectivity index (χ4v) is 3.97. The second kappa shape index (κ2) is 7.89. The maximum Gasteiger partial charge on any atom is 0.236 e. The first kappa shape index (κ1) is 17.8. The molecular formula is C19H25N3O2S. The van der Waals surface area contributed by atoms with Gasteiger partial charge in [0.15, 0.2) is 0 Å². The van der Waals surface area contributed by atoms with E-state index in [1.54, 1.807) is 23.5 Å². The fourth-order valence-electron chi connectivity index (χ4n) is 3.01. The topological polar surface area (TPSA) is 47.0 Å². The SMILES string of the molecule is Cc1ccsc1CN(C)C(=O)CN1CCN(c2ccc(O)cc2)CC1. The predicted octanol–water partition coefficient (Wildman–Crippen LogP) is 2.54. The van der Waals surface area contributed by atoms with Crippen molar-refractivity contribution >= 4 is 22.9 Å². The lowest BCUT2D eigenvalue weighted by Gasteiger charge is -2.36. The maximum absolute atomic E-state index is 12.5. The molecule has 0 aliphatic carbocycles. The van der Waals surface area contributed by atoms with Gasteiger partial charge in [0, 0.05) is 43.8 Å². The number of aromatic hydroxyl groups is 1. The van der Waals surface area contributed by atoms with Crippen molar-refractivity contribution in [2.45, 2.75) is 13.5 Å². The van der Waals surface area contributed by atoms with E-state index in [1.807, 2.05) is 24.1 Å². The number of rotatable bonds is 5. The Morgan fingerprint density at radius 3 is 2.44 bits per heavy atom. The number of thiophene rings is 1. The summed E-state index contributed by atoms with van der Waals surface area (Å²) in [4.78, 5) is 20.1. The number of carbonyl (C=O) groups is 1. The zero-order chi connectivity index (χ0) is 17.8. The van der Waals surface area contributed by atoms with Crippen LogP contribution < -0.4 is 4.90 Å². The average molecular weight is 359 g/mol. The first-order valence-electron chi connectivity index (χ1n) is 8.56. The molecule has 2 aromatic rings. The second-order valence-corrected chi connectivity index (χ2v) is 7.56. The van der Waals surface area contributed by atoms with Crippen molar-refractivity contribution in [1.82, 2.24) is 9.80 Å². The predicted molar refractivity (Wildman–Crippen MR) is 102 cm³/mol. The van der Waals surface area contributed by atoms with Gasteiger partial charge in [0.25, 0.3) is 0 Å². The minimum atomic E-state index is 0.172. The van der Waals surface area contributed by atoms with E-state index >= 15 is 0 Å². The van der Waals surface area contributed by atoms with Crippen molar-refractivity contribution in [1.29, 1.82) is 0 Å². The summed E-state index contributed by atoms with van der Waals surface area (Å²) in [5.74, 6) is 0.461. The molecule has 0 atom stereocenters. The fraction of sp³-hybridized carbons (Fsp3) is 0.421. The highest BCUT2D eigenvalue weighted by Gasteiger charge is 2.21. The number of aryl methyl sites for hydroxylation is 1. The van der Waals surface area contributed by atoms with Crippen LogP contribution in [-0.4, -0.2) is 60.6 Å². The smallest absolute Gasteiger partial charge is 0.236 e. The molecule has 1 saturated heterocycles. The Hall–Kier alpha value is -2.05. The van der Waals surface area contributed by atoms with Crippen LogP contribution in [0.2, 0.25) is 0 Å². The molecule has 1 aliphatic rings. The Bertz CT molecular complexity index is 706. The second-order valence-electron chi connectivity index (χ2n) is 6.56. The molecule has 0 unspecified atom stereocenters. The van der Waals surface area contributed by atoms with Crippen molar-refractivity contribution in [3.05, 3.63) is 46.2 Å². The zero-order valence-electron chi connectivity index (χ0n) is 14.8. The van der Waals surface area contributed by atoms with Crippen molar-refractivity contribution in [2.75, 3.05) is 44.7 Å². The monoisotopic (exact) mass is 359 g/mol. The molecule has 3 rings (SSSR count). The van der Waals surface area contributed by atoms with Crippen LogP contribution in [0, 0.1) is 6.92 Å². The van der Waals surface area contributed by atoms with E-state index in [9.17, 15) is 9.90 Å². The molecule has 1 aliphatic heterocycles. The minimum Gasteiger partial charge on any atom is -0.508 e. The maximum atomic E-state index is 12.5. The number of amides is 1. The van der Waals surface area contributed by atoms with Gasteiger partial charge in [0.2, 0.25) is 5.91 Å². The normalized spacial score (nSPS) is 15.4. The van der Waals surface area contributed by atoms with Crippen molar-refractivity contribution in [2.24, 2.45) is 0 Å². The van der Waals surface area contributed by atoms with Gasteiger partial charge in [0.1, 0.15) is 5.75 Å². The lowest BCUT2D eigenvalue weighted by molar-refractivity contribution is -0.131. The quantitative estimate of drug-likeness (QED) is 0.891. The Morgan fingerprint density at radius 1 is 1.16 bits per heavy atom. The van der Waals surface area contributed by atoms with Gasteiger partial charge in [-0.05, 0) is 48.2 Å². The first-order valence-corrected chi connectivity index (χ1v) is 9.44. The summed E-state index contributed by atoms with van der Waals surface area (Å²) in [6.07, 6.45) is 0. The number of benzene rings is 1. The van der Waals surface area contributed by atoms with Crippen molar-refractivity contribution in [3.63, 3.8) is 0 Å². The van der Waals surface area contributed by atoms with E-state index in [0.29, 0.717) is 13.1 Å². The highest BCUT2D eigenvalue weighted by molar-refractivity contribution is 7.10. The molecule has 1 fully saturated rings. The van der Waals surface area contributed by atoms with E-state index in [2.05, 4.69) is 28.2 Å². The number of piperazine rings is 1. The summed E-state index contributed by atoms with van der Waals surface area (Å²) < 4.78 is 0. The third-order valence-electron chi connectivity index (χ3n) is 4.72. The number of phenolic OH excluding ortho intramolecular Hbond substituents is 1. The van der Waals surface area contributed by atoms with Gasteiger partial charge in [-0.3, -0.25) is 9.69 Å². The van der Waals surface area contributed by atoms with Gasteiger partial charge >= 0.3 is 0 Å². The first-order chi connectivity index (χ1) is 12.0. The number of hydrogen-bond donors (Lipinski definition) is 1. The molecular weight excluding hydrogens is 334 g/mol. The van der Waals surface area contributed by atoms with E-state index in [0.717, 1.165) is 31.9 Å². The molecule has 1 N–H and O–H groups in total. The summed E-state index contributed by atoms with van der Waals surface area (Å²) in [5, 5.41) is 11.5. The van der Waals surface area contributed by atoms with Crippen molar-refractivity contribution in [3.8, 4) is 5.75 Å². The van der Waals surface area contributed by atoms with E-state index in [4.69, 9.17) is 0 Å². The third-order valence-corrected chi connectivity index (χ3v) is 5.73. The Labute approximate surface area is 153 Å². The van der Waals surface area contributed by atoms with Gasteiger partial charge in [-0.25, -0.2) is 0 Å².